The van der Waals surface area contributed by atoms with Gasteiger partial charge in [-0.05, 0) is 26.2 Å². The highest BCUT2D eigenvalue weighted by Gasteiger charge is 2.31. The van der Waals surface area contributed by atoms with Crippen LogP contribution in [0.1, 0.15) is 46.0 Å². The van der Waals surface area contributed by atoms with Gasteiger partial charge in [0.25, 0.3) is 0 Å². The Balaban J connectivity index is 2.58. The van der Waals surface area contributed by atoms with Crippen LogP contribution in [0.5, 0.6) is 0 Å². The number of aliphatic hydroxyl groups excluding tert-OH is 1. The number of aliphatic hydroxyl groups is 1. The minimum atomic E-state index is -0.225. The maximum Gasteiger partial charge on any atom is 0.0672 e. The Morgan fingerprint density at radius 1 is 1.47 bits per heavy atom. The predicted octanol–water partition coefficient (Wildman–Crippen LogP) is 1.82. The molecule has 0 saturated heterocycles. The highest BCUT2D eigenvalue weighted by molar-refractivity contribution is 4.98. The number of hydrogen-bond acceptors (Lipinski definition) is 3. The first-order valence-corrected chi connectivity index (χ1v) is 5.93. The molecule has 0 aromatic heterocycles. The van der Waals surface area contributed by atoms with Crippen LogP contribution >= 0.6 is 0 Å². The van der Waals surface area contributed by atoms with Crippen LogP contribution in [0, 0.1) is 17.2 Å². The smallest absolute Gasteiger partial charge is 0.0672 e. The van der Waals surface area contributed by atoms with Gasteiger partial charge in [-0.3, -0.25) is 0 Å². The van der Waals surface area contributed by atoms with Crippen molar-refractivity contribution in [3.8, 4) is 6.07 Å². The Bertz CT molecular complexity index is 230. The van der Waals surface area contributed by atoms with Crippen LogP contribution in [0.4, 0.5) is 0 Å². The van der Waals surface area contributed by atoms with Crippen molar-refractivity contribution in [1.82, 2.24) is 5.32 Å². The zero-order chi connectivity index (χ0) is 11.3. The van der Waals surface area contributed by atoms with E-state index in [9.17, 15) is 5.11 Å². The molecule has 1 rings (SSSR count). The van der Waals surface area contributed by atoms with E-state index in [1.807, 2.05) is 6.92 Å². The Morgan fingerprint density at radius 3 is 2.67 bits per heavy atom. The molecule has 0 amide bonds. The van der Waals surface area contributed by atoms with Gasteiger partial charge in [-0.2, -0.15) is 5.26 Å². The summed E-state index contributed by atoms with van der Waals surface area (Å²) in [5.41, 5.74) is -0.225. The number of hydrogen-bond donors (Lipinski definition) is 2. The molecule has 1 aliphatic carbocycles. The lowest BCUT2D eigenvalue weighted by Gasteiger charge is -2.37. The minimum absolute atomic E-state index is 0.121. The van der Waals surface area contributed by atoms with Gasteiger partial charge in [-0.15, -0.1) is 0 Å². The summed E-state index contributed by atoms with van der Waals surface area (Å²) in [6.45, 7) is 4.22. The highest BCUT2D eigenvalue weighted by Crippen LogP contribution is 2.26. The fourth-order valence-corrected chi connectivity index (χ4v) is 2.17. The Kier molecular flexibility index (Phi) is 4.56. The van der Waals surface area contributed by atoms with Crippen LogP contribution in [0.2, 0.25) is 0 Å². The van der Waals surface area contributed by atoms with E-state index in [-0.39, 0.29) is 24.1 Å². The number of nitrogens with one attached hydrogen (secondary N) is 1. The maximum atomic E-state index is 9.33. The van der Waals surface area contributed by atoms with Crippen molar-refractivity contribution in [2.45, 2.75) is 57.5 Å². The Labute approximate surface area is 92.5 Å². The molecule has 86 valence electrons. The molecule has 0 heterocycles. The molecule has 0 aliphatic heterocycles. The summed E-state index contributed by atoms with van der Waals surface area (Å²) in [6, 6.07) is 2.65. The predicted molar refractivity (Wildman–Crippen MR) is 60.3 cm³/mol. The molecule has 3 heteroatoms. The third-order valence-corrected chi connectivity index (χ3v) is 3.59. The lowest BCUT2D eigenvalue weighted by atomic mass is 9.83. The minimum Gasteiger partial charge on any atom is -0.394 e. The van der Waals surface area contributed by atoms with Crippen LogP contribution < -0.4 is 5.32 Å². The van der Waals surface area contributed by atoms with Gasteiger partial charge in [0.1, 0.15) is 0 Å². The van der Waals surface area contributed by atoms with E-state index in [2.05, 4.69) is 18.3 Å². The standard InChI is InChI=1S/C12H22N2O/c1-3-12(2,9-15)14-11-7-5-4-6-10(11)8-13/h10-11,14-15H,3-7,9H2,1-2H3. The Hall–Kier alpha value is -0.590. The van der Waals surface area contributed by atoms with Crippen molar-refractivity contribution in [3.63, 3.8) is 0 Å². The van der Waals surface area contributed by atoms with E-state index in [0.29, 0.717) is 0 Å². The zero-order valence-electron chi connectivity index (χ0n) is 9.79. The molecular formula is C12H22N2O. The molecule has 2 N–H and O–H groups in total. The third kappa shape index (κ3) is 3.19. The van der Waals surface area contributed by atoms with Crippen LogP contribution in [-0.2, 0) is 0 Å². The van der Waals surface area contributed by atoms with Gasteiger partial charge in [-0.25, -0.2) is 0 Å². The number of nitrogens with zero attached hydrogens (tertiary/aromatic N) is 1. The largest absolute Gasteiger partial charge is 0.394 e. The summed E-state index contributed by atoms with van der Waals surface area (Å²) in [7, 11) is 0. The average Bonchev–Trinajstić information content (AvgIpc) is 2.29. The van der Waals surface area contributed by atoms with E-state index in [0.717, 1.165) is 19.3 Å². The van der Waals surface area contributed by atoms with Gasteiger partial charge in [0.05, 0.1) is 18.6 Å². The van der Waals surface area contributed by atoms with E-state index >= 15 is 0 Å². The average molecular weight is 210 g/mol. The third-order valence-electron chi connectivity index (χ3n) is 3.59. The molecular weight excluding hydrogens is 188 g/mol. The fraction of sp³-hybridized carbons (Fsp3) is 0.917. The molecule has 0 spiro atoms. The van der Waals surface area contributed by atoms with Crippen molar-refractivity contribution in [2.24, 2.45) is 5.92 Å². The molecule has 0 bridgehead atoms. The van der Waals surface area contributed by atoms with Gasteiger partial charge >= 0.3 is 0 Å². The molecule has 0 aromatic rings. The van der Waals surface area contributed by atoms with Crippen molar-refractivity contribution in [2.75, 3.05) is 6.61 Å². The lowest BCUT2D eigenvalue weighted by Crippen LogP contribution is -2.53. The first-order chi connectivity index (χ1) is 7.15. The van der Waals surface area contributed by atoms with E-state index in [1.54, 1.807) is 0 Å². The number of rotatable bonds is 4. The molecule has 3 atom stereocenters. The topological polar surface area (TPSA) is 56.0 Å². The summed E-state index contributed by atoms with van der Waals surface area (Å²) in [5.74, 6) is 0.121. The second-order valence-corrected chi connectivity index (χ2v) is 4.84. The normalized spacial score (nSPS) is 30.5. The van der Waals surface area contributed by atoms with Gasteiger partial charge < -0.3 is 10.4 Å². The monoisotopic (exact) mass is 210 g/mol. The van der Waals surface area contributed by atoms with Crippen molar-refractivity contribution < 1.29 is 5.11 Å². The SMILES string of the molecule is CCC(C)(CO)NC1CCCCC1C#N. The van der Waals surface area contributed by atoms with Gasteiger partial charge in [0.2, 0.25) is 0 Å². The molecule has 1 fully saturated rings. The van der Waals surface area contributed by atoms with E-state index < -0.39 is 0 Å². The summed E-state index contributed by atoms with van der Waals surface area (Å²) in [5, 5.41) is 21.8. The second-order valence-electron chi connectivity index (χ2n) is 4.84. The molecule has 0 radical (unpaired) electrons. The second kappa shape index (κ2) is 5.48. The summed E-state index contributed by atoms with van der Waals surface area (Å²) in [4.78, 5) is 0. The van der Waals surface area contributed by atoms with Crippen LogP contribution in [0.15, 0.2) is 0 Å². The fourth-order valence-electron chi connectivity index (χ4n) is 2.17. The van der Waals surface area contributed by atoms with Crippen molar-refractivity contribution in [3.05, 3.63) is 0 Å². The van der Waals surface area contributed by atoms with Gasteiger partial charge in [0, 0.05) is 11.6 Å². The zero-order valence-corrected chi connectivity index (χ0v) is 9.79. The van der Waals surface area contributed by atoms with E-state index in [1.165, 1.54) is 12.8 Å². The summed E-state index contributed by atoms with van der Waals surface area (Å²) >= 11 is 0. The first-order valence-electron chi connectivity index (χ1n) is 5.93. The number of nitriles is 1. The van der Waals surface area contributed by atoms with Crippen LogP contribution in [0.3, 0.4) is 0 Å². The molecule has 1 saturated carbocycles. The molecule has 0 aromatic carbocycles. The van der Waals surface area contributed by atoms with Crippen LogP contribution in [0.25, 0.3) is 0 Å². The molecule has 3 unspecified atom stereocenters. The van der Waals surface area contributed by atoms with Crippen molar-refractivity contribution in [1.29, 1.82) is 5.26 Å². The first kappa shape index (κ1) is 12.5. The maximum absolute atomic E-state index is 9.33. The van der Waals surface area contributed by atoms with E-state index in [4.69, 9.17) is 5.26 Å². The summed E-state index contributed by atoms with van der Waals surface area (Å²) < 4.78 is 0. The van der Waals surface area contributed by atoms with Gasteiger partial charge in [-0.1, -0.05) is 19.8 Å². The van der Waals surface area contributed by atoms with Crippen LogP contribution in [-0.4, -0.2) is 23.3 Å². The molecule has 3 nitrogen and oxygen atoms in total. The highest BCUT2D eigenvalue weighted by atomic mass is 16.3. The summed E-state index contributed by atoms with van der Waals surface area (Å²) in [6.07, 6.45) is 5.31. The molecule has 15 heavy (non-hydrogen) atoms. The molecule has 1 aliphatic rings. The Morgan fingerprint density at radius 2 is 2.13 bits per heavy atom. The van der Waals surface area contributed by atoms with Gasteiger partial charge in [0.15, 0.2) is 0 Å². The lowest BCUT2D eigenvalue weighted by molar-refractivity contribution is 0.137. The quantitative estimate of drug-likeness (QED) is 0.744. The van der Waals surface area contributed by atoms with Crippen molar-refractivity contribution >= 4 is 0 Å².